The quantitative estimate of drug-likeness (QED) is 0.584. The maximum atomic E-state index is 11.8. The minimum absolute atomic E-state index is 0. The number of hydrogen-bond donors (Lipinski definition) is 0. The van der Waals surface area contributed by atoms with Crippen molar-refractivity contribution in [1.82, 2.24) is 0 Å². The van der Waals surface area contributed by atoms with Gasteiger partial charge in [0.1, 0.15) is 0 Å². The van der Waals surface area contributed by atoms with Gasteiger partial charge < -0.3 is 5.11 Å². The first-order chi connectivity index (χ1) is 11.8. The summed E-state index contributed by atoms with van der Waals surface area (Å²) in [6.07, 6.45) is 7.01. The van der Waals surface area contributed by atoms with Crippen LogP contribution in [0, 0.1) is 5.92 Å². The third-order valence-corrected chi connectivity index (χ3v) is 6.17. The van der Waals surface area contributed by atoms with E-state index in [9.17, 15) is 5.11 Å². The predicted octanol–water partition coefficient (Wildman–Crippen LogP) is 2.50. The molecule has 0 heterocycles. The summed E-state index contributed by atoms with van der Waals surface area (Å²) in [7, 11) is 0. The first-order valence-corrected chi connectivity index (χ1v) is 10.0. The van der Waals surface area contributed by atoms with Crippen molar-refractivity contribution in [3.63, 3.8) is 0 Å². The molecule has 2 aromatic carbocycles. The number of thioether (sulfide) groups is 2. The molecule has 3 rings (SSSR count). The van der Waals surface area contributed by atoms with Crippen molar-refractivity contribution in [2.75, 3.05) is 0 Å². The van der Waals surface area contributed by atoms with Crippen LogP contribution < -0.4 is 24.0 Å². The number of benzene rings is 2. The Kier molecular flexibility index (Phi) is 8.85. The summed E-state index contributed by atoms with van der Waals surface area (Å²) in [4.78, 5) is 2.49. The third kappa shape index (κ3) is 6.68. The topological polar surface area (TPSA) is 23.1 Å². The van der Waals surface area contributed by atoms with E-state index in [0.29, 0.717) is 23.3 Å². The summed E-state index contributed by atoms with van der Waals surface area (Å²) in [5, 5.41) is 14.3. The predicted molar refractivity (Wildman–Crippen MR) is 103 cm³/mol. The Hall–Kier alpha value is -0.983. The SMILES string of the molecule is [Li+].[O-]C1=CC(C(/C=C/Sc2ccccc2)Sc2ccccc2)CCC1. The molecular weight excluding hydrogens is 339 g/mol. The van der Waals surface area contributed by atoms with E-state index in [4.69, 9.17) is 0 Å². The van der Waals surface area contributed by atoms with Gasteiger partial charge in [0.2, 0.25) is 0 Å². The first-order valence-electron chi connectivity index (χ1n) is 8.29. The van der Waals surface area contributed by atoms with E-state index in [1.54, 1.807) is 11.8 Å². The summed E-state index contributed by atoms with van der Waals surface area (Å²) >= 11 is 3.58. The molecule has 0 bridgehead atoms. The maximum Gasteiger partial charge on any atom is 1.00 e. The van der Waals surface area contributed by atoms with Gasteiger partial charge in [0.25, 0.3) is 0 Å². The average Bonchev–Trinajstić information content (AvgIpc) is 2.63. The summed E-state index contributed by atoms with van der Waals surface area (Å²) in [6, 6.07) is 20.8. The third-order valence-electron chi connectivity index (χ3n) is 4.01. The summed E-state index contributed by atoms with van der Waals surface area (Å²) in [6.45, 7) is 0. The Morgan fingerprint density at radius 3 is 2.24 bits per heavy atom. The van der Waals surface area contributed by atoms with Crippen LogP contribution in [-0.4, -0.2) is 5.25 Å². The molecule has 4 heteroatoms. The van der Waals surface area contributed by atoms with Gasteiger partial charge in [-0.15, -0.1) is 17.5 Å². The molecule has 0 amide bonds. The second kappa shape index (κ2) is 10.9. The fraction of sp³-hybridized carbons (Fsp3) is 0.238. The zero-order chi connectivity index (χ0) is 16.6. The molecule has 0 spiro atoms. The molecule has 0 radical (unpaired) electrons. The van der Waals surface area contributed by atoms with Gasteiger partial charge >= 0.3 is 18.9 Å². The molecule has 0 aromatic heterocycles. The van der Waals surface area contributed by atoms with Gasteiger partial charge in [0, 0.05) is 15.0 Å². The largest absolute Gasteiger partial charge is 1.00 e. The van der Waals surface area contributed by atoms with Crippen LogP contribution in [0.15, 0.2) is 93.8 Å². The molecule has 0 saturated carbocycles. The van der Waals surface area contributed by atoms with E-state index in [0.717, 1.165) is 12.8 Å². The molecule has 0 fully saturated rings. The standard InChI is InChI=1S/C21H22OS2.Li/c22-18-9-7-8-17(16-18)21(24-20-12-5-2-6-13-20)14-15-23-19-10-3-1-4-11-19;/h1-6,10-17,21-22H,7-9H2;/q;+1/p-1/b15-14+;. The van der Waals surface area contributed by atoms with Gasteiger partial charge in [0.05, 0.1) is 0 Å². The second-order valence-corrected chi connectivity index (χ2v) is 8.07. The van der Waals surface area contributed by atoms with Crippen LogP contribution in [0.5, 0.6) is 0 Å². The molecule has 2 atom stereocenters. The van der Waals surface area contributed by atoms with Crippen LogP contribution in [0.3, 0.4) is 0 Å². The van der Waals surface area contributed by atoms with E-state index in [1.807, 2.05) is 30.0 Å². The Bertz CT molecular complexity index is 686. The fourth-order valence-electron chi connectivity index (χ4n) is 2.80. The Balaban J connectivity index is 0.00000225. The molecule has 0 saturated heterocycles. The van der Waals surface area contributed by atoms with Crippen LogP contribution in [0.1, 0.15) is 19.3 Å². The Labute approximate surface area is 171 Å². The monoisotopic (exact) mass is 360 g/mol. The van der Waals surface area contributed by atoms with Gasteiger partial charge in [-0.1, -0.05) is 60.3 Å². The van der Waals surface area contributed by atoms with Gasteiger partial charge in [-0.25, -0.2) is 0 Å². The molecule has 2 aromatic rings. The van der Waals surface area contributed by atoms with Crippen molar-refractivity contribution in [2.45, 2.75) is 34.3 Å². The van der Waals surface area contributed by atoms with Crippen molar-refractivity contribution < 1.29 is 24.0 Å². The van der Waals surface area contributed by atoms with Crippen molar-refractivity contribution in [3.05, 3.63) is 84.0 Å². The van der Waals surface area contributed by atoms with Crippen molar-refractivity contribution in [1.29, 1.82) is 0 Å². The zero-order valence-electron chi connectivity index (χ0n) is 14.5. The van der Waals surface area contributed by atoms with E-state index in [1.165, 1.54) is 9.79 Å². The van der Waals surface area contributed by atoms with Crippen molar-refractivity contribution >= 4 is 23.5 Å². The summed E-state index contributed by atoms with van der Waals surface area (Å²) in [5.74, 6) is 0.623. The molecule has 0 N–H and O–H groups in total. The van der Waals surface area contributed by atoms with Crippen LogP contribution in [-0.2, 0) is 0 Å². The molecular formula is C21H21LiOS2. The number of rotatable bonds is 6. The average molecular weight is 360 g/mol. The maximum absolute atomic E-state index is 11.8. The smallest absolute Gasteiger partial charge is 0.876 e. The van der Waals surface area contributed by atoms with Crippen molar-refractivity contribution in [2.24, 2.45) is 5.92 Å². The summed E-state index contributed by atoms with van der Waals surface area (Å²) < 4.78 is 0. The van der Waals surface area contributed by atoms with Crippen LogP contribution >= 0.6 is 23.5 Å². The molecule has 1 aliphatic rings. The van der Waals surface area contributed by atoms with Crippen LogP contribution in [0.2, 0.25) is 0 Å². The molecule has 25 heavy (non-hydrogen) atoms. The number of hydrogen-bond acceptors (Lipinski definition) is 3. The Morgan fingerprint density at radius 1 is 0.960 bits per heavy atom. The normalized spacial score (nSPS) is 18.4. The summed E-state index contributed by atoms with van der Waals surface area (Å²) in [5.41, 5.74) is 0. The molecule has 2 unspecified atom stereocenters. The van der Waals surface area contributed by atoms with Gasteiger partial charge in [-0.2, -0.15) is 0 Å². The molecule has 124 valence electrons. The first kappa shape index (κ1) is 20.3. The minimum atomic E-state index is 0. The second-order valence-electron chi connectivity index (χ2n) is 5.84. The fourth-order valence-corrected chi connectivity index (χ4v) is 4.79. The van der Waals surface area contributed by atoms with E-state index in [-0.39, 0.29) is 18.9 Å². The molecule has 1 aliphatic carbocycles. The Morgan fingerprint density at radius 2 is 1.60 bits per heavy atom. The zero-order valence-corrected chi connectivity index (χ0v) is 16.1. The van der Waals surface area contributed by atoms with Crippen LogP contribution in [0.4, 0.5) is 0 Å². The molecule has 0 aliphatic heterocycles. The minimum Gasteiger partial charge on any atom is -0.876 e. The van der Waals surface area contributed by atoms with Gasteiger partial charge in [0.15, 0.2) is 0 Å². The number of allylic oxidation sites excluding steroid dienone is 2. The van der Waals surface area contributed by atoms with E-state index >= 15 is 0 Å². The van der Waals surface area contributed by atoms with Crippen molar-refractivity contribution in [3.8, 4) is 0 Å². The van der Waals surface area contributed by atoms with Crippen LogP contribution in [0.25, 0.3) is 0 Å². The van der Waals surface area contributed by atoms with E-state index in [2.05, 4.69) is 60.0 Å². The molecule has 1 nitrogen and oxygen atoms in total. The van der Waals surface area contributed by atoms with Gasteiger partial charge in [-0.05, 0) is 54.9 Å². The van der Waals surface area contributed by atoms with Gasteiger partial charge in [-0.3, -0.25) is 0 Å². The van der Waals surface area contributed by atoms with E-state index < -0.39 is 0 Å².